The summed E-state index contributed by atoms with van der Waals surface area (Å²) < 4.78 is 39.2. The molecule has 1 aliphatic rings. The Kier molecular flexibility index (Phi) is 10.4. The second-order valence-corrected chi connectivity index (χ2v) is 13.4. The Bertz CT molecular complexity index is 1730. The van der Waals surface area contributed by atoms with Crippen LogP contribution in [-0.2, 0) is 25.9 Å². The van der Waals surface area contributed by atoms with E-state index in [1.54, 1.807) is 54.6 Å². The average molecular weight is 642 g/mol. The highest BCUT2D eigenvalue weighted by molar-refractivity contribution is 7.91. The third-order valence-corrected chi connectivity index (χ3v) is 9.62. The fraction of sp³-hybridized carbons (Fsp3) is 0.278. The number of hydrogen-bond acceptors (Lipinski definition) is 8. The fourth-order valence-electron chi connectivity index (χ4n) is 5.28. The lowest BCUT2D eigenvalue weighted by Crippen LogP contribution is -2.49. The highest BCUT2D eigenvalue weighted by Crippen LogP contribution is 2.43. The smallest absolute Gasteiger partial charge is 0.252 e. The van der Waals surface area contributed by atoms with Crippen molar-refractivity contribution < 1.29 is 27.8 Å². The number of rotatable bonds is 14. The lowest BCUT2D eigenvalue weighted by atomic mass is 9.85. The van der Waals surface area contributed by atoms with Gasteiger partial charge < -0.3 is 24.8 Å². The standard InChI is InChI=1S/C36H39N3O6S/c1-39(2)30-18-14-27(15-19-30)26-37-35(41)36(22-25-46(42,43)32-12-7-4-8-13-32)33(28-10-5-3-6-11-28)45-34(38-36)29-16-20-31(21-17-29)44-24-9-23-40/h3-8,10-21,33,40H,9,22-26H2,1-2H3,(H,37,41)/t33-,36-/m1/s1. The highest BCUT2D eigenvalue weighted by Gasteiger charge is 2.53. The van der Waals surface area contributed by atoms with Gasteiger partial charge in [-0.2, -0.15) is 0 Å². The molecule has 10 heteroatoms. The van der Waals surface area contributed by atoms with E-state index in [1.807, 2.05) is 73.6 Å². The molecule has 4 aromatic carbocycles. The molecular formula is C36H39N3O6S. The van der Waals surface area contributed by atoms with E-state index in [2.05, 4.69) is 5.32 Å². The first-order valence-corrected chi connectivity index (χ1v) is 16.8. The minimum atomic E-state index is -3.75. The van der Waals surface area contributed by atoms with Crippen LogP contribution in [0.2, 0.25) is 0 Å². The summed E-state index contributed by atoms with van der Waals surface area (Å²) in [6.07, 6.45) is -0.480. The van der Waals surface area contributed by atoms with Gasteiger partial charge in [0.05, 0.1) is 17.3 Å². The molecule has 0 aliphatic carbocycles. The van der Waals surface area contributed by atoms with Gasteiger partial charge in [-0.05, 0) is 59.7 Å². The number of sulfone groups is 1. The molecule has 1 heterocycles. The van der Waals surface area contributed by atoms with E-state index in [0.717, 1.165) is 11.3 Å². The van der Waals surface area contributed by atoms with Crippen molar-refractivity contribution >= 4 is 27.3 Å². The van der Waals surface area contributed by atoms with Crippen LogP contribution in [0.5, 0.6) is 5.75 Å². The van der Waals surface area contributed by atoms with Crippen molar-refractivity contribution in [2.75, 3.05) is 38.0 Å². The number of aliphatic imine (C=N–C) groups is 1. The van der Waals surface area contributed by atoms with Crippen molar-refractivity contribution in [3.63, 3.8) is 0 Å². The molecule has 240 valence electrons. The number of hydrogen-bond donors (Lipinski definition) is 2. The van der Waals surface area contributed by atoms with Crippen LogP contribution in [0.1, 0.15) is 35.6 Å². The first kappa shape index (κ1) is 32.7. The van der Waals surface area contributed by atoms with E-state index in [4.69, 9.17) is 19.6 Å². The lowest BCUT2D eigenvalue weighted by Gasteiger charge is -2.30. The van der Waals surface area contributed by atoms with Crippen LogP contribution in [0.25, 0.3) is 0 Å². The zero-order valence-corrected chi connectivity index (χ0v) is 26.8. The molecule has 0 aromatic heterocycles. The van der Waals surface area contributed by atoms with Crippen LogP contribution in [-0.4, -0.2) is 63.9 Å². The van der Waals surface area contributed by atoms with E-state index in [-0.39, 0.29) is 36.1 Å². The van der Waals surface area contributed by atoms with Crippen molar-refractivity contribution in [2.45, 2.75) is 35.9 Å². The Morgan fingerprint density at radius 2 is 1.59 bits per heavy atom. The molecule has 2 atom stereocenters. The molecule has 1 aliphatic heterocycles. The number of carbonyl (C=O) groups excluding carboxylic acids is 1. The third kappa shape index (κ3) is 7.58. The second kappa shape index (κ2) is 14.6. The SMILES string of the molecule is CN(C)c1ccc(CNC(=O)[C@]2(CCS(=O)(=O)c3ccccc3)N=C(c3ccc(OCCCO)cc3)O[C@@H]2c2ccccc2)cc1. The number of anilines is 1. The highest BCUT2D eigenvalue weighted by atomic mass is 32.2. The lowest BCUT2D eigenvalue weighted by molar-refractivity contribution is -0.129. The quantitative estimate of drug-likeness (QED) is 0.187. The molecule has 0 bridgehead atoms. The Labute approximate surface area is 270 Å². The Morgan fingerprint density at radius 3 is 2.22 bits per heavy atom. The van der Waals surface area contributed by atoms with Gasteiger partial charge in [-0.15, -0.1) is 0 Å². The minimum Gasteiger partial charge on any atom is -0.494 e. The molecule has 46 heavy (non-hydrogen) atoms. The third-order valence-electron chi connectivity index (χ3n) is 7.89. The average Bonchev–Trinajstić information content (AvgIpc) is 3.49. The molecule has 2 N–H and O–H groups in total. The van der Waals surface area contributed by atoms with E-state index in [0.29, 0.717) is 29.9 Å². The van der Waals surface area contributed by atoms with Crippen LogP contribution in [0, 0.1) is 0 Å². The predicted molar refractivity (Wildman–Crippen MR) is 179 cm³/mol. The normalized spacial score (nSPS) is 17.5. The number of nitrogens with zero attached hydrogens (tertiary/aromatic N) is 2. The number of carbonyl (C=O) groups is 1. The van der Waals surface area contributed by atoms with Crippen LogP contribution in [0.4, 0.5) is 5.69 Å². The summed E-state index contributed by atoms with van der Waals surface area (Å²) in [6, 6.07) is 32.5. The topological polar surface area (TPSA) is 118 Å². The second-order valence-electron chi connectivity index (χ2n) is 11.3. The molecule has 1 amide bonds. The first-order chi connectivity index (χ1) is 22.2. The van der Waals surface area contributed by atoms with Gasteiger partial charge in [-0.25, -0.2) is 13.4 Å². The van der Waals surface area contributed by atoms with Crippen LogP contribution in [0.3, 0.4) is 0 Å². The van der Waals surface area contributed by atoms with Crippen molar-refractivity contribution in [1.29, 1.82) is 0 Å². The molecule has 9 nitrogen and oxygen atoms in total. The Morgan fingerprint density at radius 1 is 0.935 bits per heavy atom. The first-order valence-electron chi connectivity index (χ1n) is 15.2. The fourth-order valence-corrected chi connectivity index (χ4v) is 6.67. The van der Waals surface area contributed by atoms with E-state index in [9.17, 15) is 13.2 Å². The number of aliphatic hydroxyl groups excluding tert-OH is 1. The Hall–Kier alpha value is -4.67. The summed E-state index contributed by atoms with van der Waals surface area (Å²) in [4.78, 5) is 21.5. The van der Waals surface area contributed by atoms with Crippen molar-refractivity contribution in [1.82, 2.24) is 5.32 Å². The van der Waals surface area contributed by atoms with Gasteiger partial charge in [-0.3, -0.25) is 4.79 Å². The molecule has 0 spiro atoms. The van der Waals surface area contributed by atoms with E-state index >= 15 is 0 Å². The zero-order chi connectivity index (χ0) is 32.6. The van der Waals surface area contributed by atoms with Gasteiger partial charge in [0.15, 0.2) is 21.5 Å². The minimum absolute atomic E-state index is 0.0368. The van der Waals surface area contributed by atoms with Crippen molar-refractivity contribution in [3.05, 3.63) is 126 Å². The van der Waals surface area contributed by atoms with Gasteiger partial charge in [0, 0.05) is 51.3 Å². The summed E-state index contributed by atoms with van der Waals surface area (Å²) in [7, 11) is 0.172. The summed E-state index contributed by atoms with van der Waals surface area (Å²) in [6.45, 7) is 0.640. The molecule has 4 aromatic rings. The molecular weight excluding hydrogens is 602 g/mol. The van der Waals surface area contributed by atoms with Gasteiger partial charge in [0.25, 0.3) is 5.91 Å². The van der Waals surface area contributed by atoms with E-state index in [1.165, 1.54) is 0 Å². The summed E-state index contributed by atoms with van der Waals surface area (Å²) >= 11 is 0. The summed E-state index contributed by atoms with van der Waals surface area (Å²) in [5, 5.41) is 12.1. The van der Waals surface area contributed by atoms with Gasteiger partial charge in [0.1, 0.15) is 5.75 Å². The van der Waals surface area contributed by atoms with Gasteiger partial charge >= 0.3 is 0 Å². The monoisotopic (exact) mass is 641 g/mol. The summed E-state index contributed by atoms with van der Waals surface area (Å²) in [5.74, 6) is 0.107. The molecule has 5 rings (SSSR count). The Balaban J connectivity index is 1.51. The maximum absolute atomic E-state index is 14.4. The van der Waals surface area contributed by atoms with Crippen molar-refractivity contribution in [3.8, 4) is 5.75 Å². The number of amides is 1. The predicted octanol–water partition coefficient (Wildman–Crippen LogP) is 4.95. The molecule has 0 saturated heterocycles. The van der Waals surface area contributed by atoms with Crippen LogP contribution >= 0.6 is 0 Å². The summed E-state index contributed by atoms with van der Waals surface area (Å²) in [5.41, 5.74) is 1.66. The number of nitrogens with one attached hydrogen (secondary N) is 1. The molecule has 0 saturated carbocycles. The van der Waals surface area contributed by atoms with Gasteiger partial charge in [-0.1, -0.05) is 60.7 Å². The maximum atomic E-state index is 14.4. The van der Waals surface area contributed by atoms with E-state index < -0.39 is 27.4 Å². The number of benzene rings is 4. The molecule has 0 radical (unpaired) electrons. The maximum Gasteiger partial charge on any atom is 0.252 e. The number of ether oxygens (including phenoxy) is 2. The largest absolute Gasteiger partial charge is 0.494 e. The van der Waals surface area contributed by atoms with Gasteiger partial charge in [0.2, 0.25) is 5.90 Å². The van der Waals surface area contributed by atoms with Crippen LogP contribution < -0.4 is 15.0 Å². The molecule has 0 unspecified atom stereocenters. The van der Waals surface area contributed by atoms with Crippen LogP contribution in [0.15, 0.2) is 119 Å². The number of aliphatic hydroxyl groups is 1. The zero-order valence-electron chi connectivity index (χ0n) is 26.0. The van der Waals surface area contributed by atoms with Crippen molar-refractivity contribution in [2.24, 2.45) is 4.99 Å². The molecule has 0 fully saturated rings.